The van der Waals surface area contributed by atoms with Gasteiger partial charge in [0.25, 0.3) is 5.91 Å². The molecule has 3 N–H and O–H groups in total. The minimum absolute atomic E-state index is 0.0467. The quantitative estimate of drug-likeness (QED) is 0.638. The summed E-state index contributed by atoms with van der Waals surface area (Å²) >= 11 is 0. The Morgan fingerprint density at radius 1 is 0.963 bits per heavy atom. The van der Waals surface area contributed by atoms with E-state index in [9.17, 15) is 19.8 Å². The van der Waals surface area contributed by atoms with Crippen molar-refractivity contribution in [2.24, 2.45) is 0 Å². The second kappa shape index (κ2) is 8.61. The van der Waals surface area contributed by atoms with Gasteiger partial charge in [-0.05, 0) is 35.9 Å². The fraction of sp³-hybridized carbons (Fsp3) is 0.158. The highest BCUT2D eigenvalue weighted by Gasteiger charge is 2.19. The minimum Gasteiger partial charge on any atom is -0.508 e. The first-order valence-electron chi connectivity index (χ1n) is 7.75. The van der Waals surface area contributed by atoms with E-state index < -0.39 is 11.9 Å². The number of nitrogens with one attached hydrogen (secondary N) is 1. The lowest BCUT2D eigenvalue weighted by Gasteiger charge is -2.14. The van der Waals surface area contributed by atoms with Crippen LogP contribution in [-0.2, 0) is 4.79 Å². The number of benzene rings is 2. The molecule has 0 bridgehead atoms. The van der Waals surface area contributed by atoms with E-state index in [0.717, 1.165) is 0 Å². The minimum atomic E-state index is -1.32. The van der Waals surface area contributed by atoms with Crippen LogP contribution in [0.4, 0.5) is 0 Å². The van der Waals surface area contributed by atoms with Crippen molar-refractivity contribution < 1.29 is 34.0 Å². The first-order chi connectivity index (χ1) is 12.9. The van der Waals surface area contributed by atoms with Gasteiger partial charge in [-0.15, -0.1) is 0 Å². The van der Waals surface area contributed by atoms with Crippen molar-refractivity contribution in [3.63, 3.8) is 0 Å². The van der Waals surface area contributed by atoms with Crippen molar-refractivity contribution >= 4 is 18.0 Å². The van der Waals surface area contributed by atoms with Crippen LogP contribution in [0.5, 0.6) is 23.0 Å². The first kappa shape index (κ1) is 19.6. The van der Waals surface area contributed by atoms with Crippen LogP contribution in [0.1, 0.15) is 15.9 Å². The van der Waals surface area contributed by atoms with Gasteiger partial charge in [0.1, 0.15) is 11.4 Å². The Kier molecular flexibility index (Phi) is 6.27. The van der Waals surface area contributed by atoms with E-state index in [2.05, 4.69) is 5.32 Å². The summed E-state index contributed by atoms with van der Waals surface area (Å²) in [5, 5.41) is 21.0. The number of amides is 1. The number of hydrogen-bond acceptors (Lipinski definition) is 6. The molecule has 0 heterocycles. The fourth-order valence-electron chi connectivity index (χ4n) is 2.30. The second-order valence-electron chi connectivity index (χ2n) is 5.32. The number of phenolic OH excluding ortho intramolecular Hbond substituents is 1. The van der Waals surface area contributed by atoms with E-state index in [1.165, 1.54) is 63.8 Å². The van der Waals surface area contributed by atoms with Gasteiger partial charge in [-0.25, -0.2) is 4.79 Å². The van der Waals surface area contributed by atoms with Crippen LogP contribution in [0, 0.1) is 0 Å². The van der Waals surface area contributed by atoms with Gasteiger partial charge < -0.3 is 29.7 Å². The number of methoxy groups -OCH3 is 3. The Hall–Kier alpha value is -3.68. The van der Waals surface area contributed by atoms with Crippen molar-refractivity contribution in [2.75, 3.05) is 21.3 Å². The molecule has 2 rings (SSSR count). The van der Waals surface area contributed by atoms with Gasteiger partial charge in [0, 0.05) is 5.56 Å². The van der Waals surface area contributed by atoms with E-state index >= 15 is 0 Å². The summed E-state index contributed by atoms with van der Waals surface area (Å²) in [5.74, 6) is -1.09. The zero-order chi connectivity index (χ0) is 20.0. The van der Waals surface area contributed by atoms with E-state index in [1.807, 2.05) is 0 Å². The van der Waals surface area contributed by atoms with E-state index in [1.54, 1.807) is 0 Å². The van der Waals surface area contributed by atoms with Gasteiger partial charge in [0.15, 0.2) is 11.5 Å². The molecule has 0 unspecified atom stereocenters. The van der Waals surface area contributed by atoms with Gasteiger partial charge in [-0.2, -0.15) is 0 Å². The molecular weight excluding hydrogens is 354 g/mol. The molecule has 2 aromatic rings. The van der Waals surface area contributed by atoms with E-state index in [4.69, 9.17) is 14.2 Å². The molecule has 0 saturated heterocycles. The Morgan fingerprint density at radius 2 is 1.52 bits per heavy atom. The lowest BCUT2D eigenvalue weighted by molar-refractivity contribution is -0.132. The molecular formula is C19H19NO7. The van der Waals surface area contributed by atoms with E-state index in [-0.39, 0.29) is 28.5 Å². The highest BCUT2D eigenvalue weighted by Crippen LogP contribution is 2.38. The van der Waals surface area contributed by atoms with Crippen LogP contribution in [0.3, 0.4) is 0 Å². The molecule has 0 aliphatic carbocycles. The Bertz CT molecular complexity index is 847. The number of aromatic hydroxyl groups is 1. The average Bonchev–Trinajstić information content (AvgIpc) is 2.67. The predicted octanol–water partition coefficient (Wildman–Crippen LogP) is 2.27. The molecule has 27 heavy (non-hydrogen) atoms. The molecule has 1 amide bonds. The van der Waals surface area contributed by atoms with Gasteiger partial charge in [0.2, 0.25) is 5.75 Å². The van der Waals surface area contributed by atoms with Crippen molar-refractivity contribution in [1.29, 1.82) is 0 Å². The smallest absolute Gasteiger partial charge is 0.352 e. The number of phenols is 1. The number of hydrogen-bond donors (Lipinski definition) is 3. The monoisotopic (exact) mass is 373 g/mol. The van der Waals surface area contributed by atoms with Crippen LogP contribution in [0.25, 0.3) is 6.08 Å². The Morgan fingerprint density at radius 3 is 1.96 bits per heavy atom. The molecule has 2 aromatic carbocycles. The highest BCUT2D eigenvalue weighted by molar-refractivity contribution is 6.03. The molecule has 0 radical (unpaired) electrons. The number of ether oxygens (including phenoxy) is 3. The number of carboxylic acid groups (broad SMARTS) is 1. The Balaban J connectivity index is 2.35. The molecule has 8 heteroatoms. The molecule has 0 saturated carbocycles. The fourth-order valence-corrected chi connectivity index (χ4v) is 2.30. The van der Waals surface area contributed by atoms with Crippen LogP contribution in [-0.4, -0.2) is 43.4 Å². The lowest BCUT2D eigenvalue weighted by Crippen LogP contribution is -2.27. The van der Waals surface area contributed by atoms with Gasteiger partial charge >= 0.3 is 5.97 Å². The topological polar surface area (TPSA) is 114 Å². The molecule has 0 aliphatic heterocycles. The SMILES string of the molecule is COc1cc(C(=O)N/C(=C\c2ccc(O)cc2)C(=O)O)cc(OC)c1OC. The number of carbonyl (C=O) groups is 2. The molecule has 142 valence electrons. The maximum Gasteiger partial charge on any atom is 0.352 e. The normalized spacial score (nSPS) is 10.9. The van der Waals surface area contributed by atoms with Gasteiger partial charge in [-0.3, -0.25) is 4.79 Å². The number of carbonyl (C=O) groups excluding carboxylic acids is 1. The lowest BCUT2D eigenvalue weighted by atomic mass is 10.1. The first-order valence-corrected chi connectivity index (χ1v) is 7.75. The number of carboxylic acids is 1. The molecule has 0 aliphatic rings. The predicted molar refractivity (Wildman–Crippen MR) is 97.3 cm³/mol. The number of rotatable bonds is 7. The summed E-state index contributed by atoms with van der Waals surface area (Å²) in [7, 11) is 4.25. The molecule has 8 nitrogen and oxygen atoms in total. The van der Waals surface area contributed by atoms with Crippen molar-refractivity contribution in [3.8, 4) is 23.0 Å². The third-order valence-electron chi connectivity index (χ3n) is 3.61. The van der Waals surface area contributed by atoms with Crippen LogP contribution >= 0.6 is 0 Å². The summed E-state index contributed by atoms with van der Waals surface area (Å²) in [6, 6.07) is 8.68. The van der Waals surface area contributed by atoms with E-state index in [0.29, 0.717) is 11.3 Å². The van der Waals surface area contributed by atoms with Gasteiger partial charge in [-0.1, -0.05) is 12.1 Å². The van der Waals surface area contributed by atoms with Crippen LogP contribution < -0.4 is 19.5 Å². The van der Waals surface area contributed by atoms with Crippen molar-refractivity contribution in [2.45, 2.75) is 0 Å². The summed E-state index contributed by atoms with van der Waals surface area (Å²) in [5.41, 5.74) is 0.289. The maximum absolute atomic E-state index is 12.5. The van der Waals surface area contributed by atoms with Crippen LogP contribution in [0.2, 0.25) is 0 Å². The summed E-state index contributed by atoms with van der Waals surface area (Å²) in [4.78, 5) is 24.0. The third-order valence-corrected chi connectivity index (χ3v) is 3.61. The molecule has 0 aromatic heterocycles. The van der Waals surface area contributed by atoms with Crippen molar-refractivity contribution in [3.05, 3.63) is 53.2 Å². The second-order valence-corrected chi connectivity index (χ2v) is 5.32. The summed E-state index contributed by atoms with van der Waals surface area (Å²) in [6.07, 6.45) is 1.28. The summed E-state index contributed by atoms with van der Waals surface area (Å²) < 4.78 is 15.6. The third kappa shape index (κ3) is 4.69. The Labute approximate surface area is 155 Å². The molecule has 0 spiro atoms. The van der Waals surface area contributed by atoms with Gasteiger partial charge in [0.05, 0.1) is 21.3 Å². The zero-order valence-electron chi connectivity index (χ0n) is 15.0. The summed E-state index contributed by atoms with van der Waals surface area (Å²) in [6.45, 7) is 0. The molecule has 0 fully saturated rings. The molecule has 0 atom stereocenters. The zero-order valence-corrected chi connectivity index (χ0v) is 15.0. The largest absolute Gasteiger partial charge is 0.508 e. The maximum atomic E-state index is 12.5. The van der Waals surface area contributed by atoms with Crippen LogP contribution in [0.15, 0.2) is 42.1 Å². The highest BCUT2D eigenvalue weighted by atomic mass is 16.5. The number of aliphatic carboxylic acids is 1. The standard InChI is InChI=1S/C19H19NO7/c1-25-15-9-12(10-16(26-2)17(15)27-3)18(22)20-14(19(23)24)8-11-4-6-13(21)7-5-11/h4-10,21H,1-3H3,(H,20,22)(H,23,24)/b14-8-. The van der Waals surface area contributed by atoms with Crippen molar-refractivity contribution in [1.82, 2.24) is 5.32 Å². The average molecular weight is 373 g/mol.